The molecule has 2 aromatic carbocycles. The number of thioether (sulfide) groups is 1. The lowest BCUT2D eigenvalue weighted by Crippen LogP contribution is -2.20. The number of para-hydroxylation sites is 2. The summed E-state index contributed by atoms with van der Waals surface area (Å²) in [4.78, 5) is 29.7. The summed E-state index contributed by atoms with van der Waals surface area (Å²) in [5.74, 6) is -0.287. The highest BCUT2D eigenvalue weighted by Crippen LogP contribution is 2.38. The van der Waals surface area contributed by atoms with E-state index in [2.05, 4.69) is 31.6 Å². The van der Waals surface area contributed by atoms with Gasteiger partial charge in [0.2, 0.25) is 5.91 Å². The lowest BCUT2D eigenvalue weighted by Gasteiger charge is -2.06. The van der Waals surface area contributed by atoms with Gasteiger partial charge in [0.15, 0.2) is 5.17 Å². The van der Waals surface area contributed by atoms with E-state index in [4.69, 9.17) is 4.74 Å². The summed E-state index contributed by atoms with van der Waals surface area (Å²) in [7, 11) is 0. The molecule has 1 fully saturated rings. The van der Waals surface area contributed by atoms with E-state index in [1.165, 1.54) is 11.8 Å². The SMILES string of the molecule is CCOc1ccccc1N=C1NC(=O)C(=CC2C(=O)Nc3ccc(Br)cc32)S1. The molecule has 2 N–H and O–H groups in total. The molecule has 0 bridgehead atoms. The van der Waals surface area contributed by atoms with Gasteiger partial charge in [-0.1, -0.05) is 28.1 Å². The smallest absolute Gasteiger partial charge is 0.263 e. The minimum Gasteiger partial charge on any atom is -0.492 e. The van der Waals surface area contributed by atoms with Crippen LogP contribution in [-0.2, 0) is 9.59 Å². The first kappa shape index (κ1) is 18.8. The van der Waals surface area contributed by atoms with E-state index in [0.29, 0.717) is 28.1 Å². The molecule has 28 heavy (non-hydrogen) atoms. The molecule has 8 heteroatoms. The summed E-state index contributed by atoms with van der Waals surface area (Å²) in [6, 6.07) is 13.0. The summed E-state index contributed by atoms with van der Waals surface area (Å²) < 4.78 is 6.45. The van der Waals surface area contributed by atoms with Crippen molar-refractivity contribution in [1.29, 1.82) is 0 Å². The molecule has 2 aromatic rings. The van der Waals surface area contributed by atoms with Gasteiger partial charge >= 0.3 is 0 Å². The van der Waals surface area contributed by atoms with Crippen LogP contribution in [0, 0.1) is 0 Å². The maximum atomic E-state index is 12.4. The Morgan fingerprint density at radius 3 is 2.86 bits per heavy atom. The van der Waals surface area contributed by atoms with Crippen molar-refractivity contribution in [3.63, 3.8) is 0 Å². The molecule has 0 radical (unpaired) electrons. The number of amides is 2. The number of carbonyl (C=O) groups excluding carboxylic acids is 2. The van der Waals surface area contributed by atoms with Crippen LogP contribution >= 0.6 is 27.7 Å². The van der Waals surface area contributed by atoms with Crippen molar-refractivity contribution in [2.24, 2.45) is 4.99 Å². The van der Waals surface area contributed by atoms with Crippen molar-refractivity contribution in [3.05, 3.63) is 63.5 Å². The molecule has 2 aliphatic heterocycles. The molecule has 2 heterocycles. The van der Waals surface area contributed by atoms with Crippen molar-refractivity contribution in [2.45, 2.75) is 12.8 Å². The Hall–Kier alpha value is -2.58. The van der Waals surface area contributed by atoms with Crippen LogP contribution in [0.4, 0.5) is 11.4 Å². The van der Waals surface area contributed by atoms with Crippen molar-refractivity contribution < 1.29 is 14.3 Å². The fourth-order valence-corrected chi connectivity index (χ4v) is 4.23. The Morgan fingerprint density at radius 2 is 2.04 bits per heavy atom. The summed E-state index contributed by atoms with van der Waals surface area (Å²) >= 11 is 4.64. The van der Waals surface area contributed by atoms with Crippen LogP contribution in [0.3, 0.4) is 0 Å². The van der Waals surface area contributed by atoms with E-state index in [9.17, 15) is 9.59 Å². The van der Waals surface area contributed by atoms with Gasteiger partial charge in [-0.25, -0.2) is 4.99 Å². The zero-order valence-electron chi connectivity index (χ0n) is 14.9. The van der Waals surface area contributed by atoms with Crippen LogP contribution in [-0.4, -0.2) is 23.6 Å². The fourth-order valence-electron chi connectivity index (χ4n) is 3.00. The number of nitrogens with one attached hydrogen (secondary N) is 2. The number of benzene rings is 2. The highest BCUT2D eigenvalue weighted by Gasteiger charge is 2.32. The number of amidine groups is 1. The standard InChI is InChI=1S/C20H16BrN3O3S/c1-2-27-16-6-4-3-5-15(16)23-20-24-19(26)17(28-20)10-13-12-9-11(21)7-8-14(12)22-18(13)25/h3-10,13H,2H2,1H3,(H,22,25)(H,23,24,26). The number of anilines is 1. The molecule has 0 spiro atoms. The molecular formula is C20H16BrN3O3S. The average Bonchev–Trinajstić information content (AvgIpc) is 3.17. The first-order valence-corrected chi connectivity index (χ1v) is 10.3. The lowest BCUT2D eigenvalue weighted by molar-refractivity contribution is -0.116. The number of aliphatic imine (C=N–C) groups is 1. The molecule has 1 unspecified atom stereocenters. The third-order valence-corrected chi connectivity index (χ3v) is 5.67. The molecule has 6 nitrogen and oxygen atoms in total. The first-order chi connectivity index (χ1) is 13.5. The van der Waals surface area contributed by atoms with Gasteiger partial charge < -0.3 is 15.4 Å². The van der Waals surface area contributed by atoms with Gasteiger partial charge in [-0.3, -0.25) is 9.59 Å². The minimum atomic E-state index is -0.518. The third-order valence-electron chi connectivity index (χ3n) is 4.25. The quantitative estimate of drug-likeness (QED) is 0.669. The predicted octanol–water partition coefficient (Wildman–Crippen LogP) is 4.32. The van der Waals surface area contributed by atoms with E-state index in [1.807, 2.05) is 49.4 Å². The Kier molecular flexibility index (Phi) is 5.23. The van der Waals surface area contributed by atoms with Gasteiger partial charge in [-0.05, 0) is 60.7 Å². The summed E-state index contributed by atoms with van der Waals surface area (Å²) in [5, 5.41) is 6.05. The van der Waals surface area contributed by atoms with Gasteiger partial charge in [0.25, 0.3) is 5.91 Å². The zero-order chi connectivity index (χ0) is 19.7. The minimum absolute atomic E-state index is 0.152. The molecule has 0 saturated carbocycles. The van der Waals surface area contributed by atoms with Gasteiger partial charge in [0, 0.05) is 10.2 Å². The Morgan fingerprint density at radius 1 is 1.21 bits per heavy atom. The normalized spacial score (nSPS) is 21.0. The Labute approximate surface area is 174 Å². The number of hydrogen-bond donors (Lipinski definition) is 2. The van der Waals surface area contributed by atoms with Gasteiger partial charge in [0.05, 0.1) is 17.4 Å². The second kappa shape index (κ2) is 7.81. The van der Waals surface area contributed by atoms with E-state index in [1.54, 1.807) is 6.08 Å². The lowest BCUT2D eigenvalue weighted by atomic mass is 10.0. The topological polar surface area (TPSA) is 79.8 Å². The van der Waals surface area contributed by atoms with Crippen molar-refractivity contribution in [2.75, 3.05) is 11.9 Å². The number of hydrogen-bond acceptors (Lipinski definition) is 5. The first-order valence-electron chi connectivity index (χ1n) is 8.67. The van der Waals surface area contributed by atoms with E-state index < -0.39 is 5.92 Å². The zero-order valence-corrected chi connectivity index (χ0v) is 17.3. The highest BCUT2D eigenvalue weighted by molar-refractivity contribution is 9.10. The number of rotatable bonds is 4. The van der Waals surface area contributed by atoms with Crippen LogP contribution in [0.2, 0.25) is 0 Å². The largest absolute Gasteiger partial charge is 0.492 e. The summed E-state index contributed by atoms with van der Waals surface area (Å²) in [6.07, 6.45) is 1.69. The van der Waals surface area contributed by atoms with Gasteiger partial charge in [0.1, 0.15) is 11.4 Å². The van der Waals surface area contributed by atoms with Crippen molar-refractivity contribution in [1.82, 2.24) is 5.32 Å². The number of ether oxygens (including phenoxy) is 1. The second-order valence-electron chi connectivity index (χ2n) is 6.10. The number of nitrogens with zero attached hydrogens (tertiary/aromatic N) is 1. The monoisotopic (exact) mass is 457 g/mol. The van der Waals surface area contributed by atoms with Crippen molar-refractivity contribution >= 4 is 56.0 Å². The van der Waals surface area contributed by atoms with Crippen LogP contribution < -0.4 is 15.4 Å². The van der Waals surface area contributed by atoms with E-state index in [0.717, 1.165) is 15.7 Å². The maximum absolute atomic E-state index is 12.4. The predicted molar refractivity (Wildman–Crippen MR) is 114 cm³/mol. The molecule has 142 valence electrons. The van der Waals surface area contributed by atoms with Crippen LogP contribution in [0.1, 0.15) is 18.4 Å². The van der Waals surface area contributed by atoms with Crippen LogP contribution in [0.15, 0.2) is 62.9 Å². The average molecular weight is 458 g/mol. The molecule has 4 rings (SSSR count). The molecular weight excluding hydrogens is 442 g/mol. The number of halogens is 1. The molecule has 2 aliphatic rings. The molecule has 1 atom stereocenters. The van der Waals surface area contributed by atoms with Gasteiger partial charge in [-0.2, -0.15) is 0 Å². The van der Waals surface area contributed by atoms with E-state index >= 15 is 0 Å². The second-order valence-corrected chi connectivity index (χ2v) is 8.05. The molecule has 1 saturated heterocycles. The van der Waals surface area contributed by atoms with Crippen LogP contribution in [0.25, 0.3) is 0 Å². The molecule has 0 aliphatic carbocycles. The molecule has 0 aromatic heterocycles. The van der Waals surface area contributed by atoms with Crippen molar-refractivity contribution in [3.8, 4) is 5.75 Å². The van der Waals surface area contributed by atoms with Crippen LogP contribution in [0.5, 0.6) is 5.75 Å². The van der Waals surface area contributed by atoms with E-state index in [-0.39, 0.29) is 11.8 Å². The maximum Gasteiger partial charge on any atom is 0.263 e. The Bertz CT molecular complexity index is 1040. The summed E-state index contributed by atoms with van der Waals surface area (Å²) in [5.41, 5.74) is 2.24. The molecule has 2 amide bonds. The Balaban J connectivity index is 1.61. The van der Waals surface area contributed by atoms with Gasteiger partial charge in [-0.15, -0.1) is 0 Å². The number of carbonyl (C=O) groups is 2. The summed E-state index contributed by atoms with van der Waals surface area (Å²) in [6.45, 7) is 2.43. The fraction of sp³-hybridized carbons (Fsp3) is 0.150. The third kappa shape index (κ3) is 3.70. The highest BCUT2D eigenvalue weighted by atomic mass is 79.9. The number of fused-ring (bicyclic) bond motifs is 1.